The van der Waals surface area contributed by atoms with Crippen LogP contribution in [0, 0.1) is 5.92 Å². The summed E-state index contributed by atoms with van der Waals surface area (Å²) in [4.78, 5) is 16.9. The summed E-state index contributed by atoms with van der Waals surface area (Å²) in [6, 6.07) is 10.1. The van der Waals surface area contributed by atoms with E-state index in [-0.39, 0.29) is 36.8 Å². The van der Waals surface area contributed by atoms with Gasteiger partial charge < -0.3 is 10.6 Å². The SMILES string of the molecule is Cl.Cl.N[C@@H]1CCC[C@H]1CC(=O)N1CCN(Cc2nnnn2-c2ccccc2)CC1. The van der Waals surface area contributed by atoms with Crippen molar-refractivity contribution in [2.75, 3.05) is 26.2 Å². The summed E-state index contributed by atoms with van der Waals surface area (Å²) < 4.78 is 1.78. The molecular weight excluding hydrogens is 413 g/mol. The first-order chi connectivity index (χ1) is 13.2. The second-order valence-corrected chi connectivity index (χ2v) is 7.56. The van der Waals surface area contributed by atoms with Crippen LogP contribution in [0.15, 0.2) is 30.3 Å². The Labute approximate surface area is 183 Å². The summed E-state index contributed by atoms with van der Waals surface area (Å²) in [5, 5.41) is 12.1. The molecule has 0 spiro atoms. The van der Waals surface area contributed by atoms with Crippen molar-refractivity contribution < 1.29 is 4.79 Å². The third kappa shape index (κ3) is 5.66. The van der Waals surface area contributed by atoms with E-state index in [1.165, 1.54) is 0 Å². The van der Waals surface area contributed by atoms with Gasteiger partial charge in [0, 0.05) is 38.6 Å². The van der Waals surface area contributed by atoms with E-state index in [4.69, 9.17) is 5.73 Å². The molecule has 2 fully saturated rings. The fourth-order valence-corrected chi connectivity index (χ4v) is 4.10. The second-order valence-electron chi connectivity index (χ2n) is 7.56. The van der Waals surface area contributed by atoms with Gasteiger partial charge in [-0.25, -0.2) is 0 Å². The molecule has 160 valence electrons. The number of tetrazole rings is 1. The number of halogens is 2. The van der Waals surface area contributed by atoms with Gasteiger partial charge >= 0.3 is 0 Å². The minimum absolute atomic E-state index is 0. The first-order valence-electron chi connectivity index (χ1n) is 9.79. The lowest BCUT2D eigenvalue weighted by Gasteiger charge is -2.35. The zero-order valence-electron chi connectivity index (χ0n) is 16.4. The van der Waals surface area contributed by atoms with Crippen LogP contribution in [-0.4, -0.2) is 68.1 Å². The lowest BCUT2D eigenvalue weighted by Crippen LogP contribution is -2.49. The molecule has 1 aliphatic heterocycles. The van der Waals surface area contributed by atoms with Gasteiger partial charge in [-0.15, -0.1) is 29.9 Å². The Hall–Kier alpha value is -1.74. The van der Waals surface area contributed by atoms with Gasteiger partial charge in [0.05, 0.1) is 12.2 Å². The summed E-state index contributed by atoms with van der Waals surface area (Å²) in [5.74, 6) is 1.44. The number of amides is 1. The van der Waals surface area contributed by atoms with E-state index >= 15 is 0 Å². The Bertz CT molecular complexity index is 765. The number of rotatable bonds is 5. The van der Waals surface area contributed by atoms with E-state index in [2.05, 4.69) is 20.4 Å². The highest BCUT2D eigenvalue weighted by Gasteiger charge is 2.29. The predicted octanol–water partition coefficient (Wildman–Crippen LogP) is 1.67. The average molecular weight is 442 g/mol. The Morgan fingerprint density at radius 3 is 2.45 bits per heavy atom. The fraction of sp³-hybridized carbons (Fsp3) is 0.579. The molecule has 0 unspecified atom stereocenters. The number of aromatic nitrogens is 4. The van der Waals surface area contributed by atoms with Gasteiger partial charge in [-0.1, -0.05) is 24.6 Å². The van der Waals surface area contributed by atoms with E-state index in [9.17, 15) is 4.79 Å². The van der Waals surface area contributed by atoms with Gasteiger partial charge in [-0.05, 0) is 41.3 Å². The molecule has 2 aliphatic rings. The molecule has 1 aromatic heterocycles. The molecule has 1 saturated carbocycles. The number of nitrogens with two attached hydrogens (primary N) is 1. The van der Waals surface area contributed by atoms with Crippen LogP contribution in [0.2, 0.25) is 0 Å². The number of hydrogen-bond acceptors (Lipinski definition) is 6. The van der Waals surface area contributed by atoms with Crippen LogP contribution in [0.1, 0.15) is 31.5 Å². The first-order valence-corrected chi connectivity index (χ1v) is 9.79. The van der Waals surface area contributed by atoms with Crippen LogP contribution in [0.5, 0.6) is 0 Å². The molecule has 2 heterocycles. The lowest BCUT2D eigenvalue weighted by atomic mass is 9.99. The molecular formula is C19H29Cl2N7O. The molecule has 1 saturated heterocycles. The highest BCUT2D eigenvalue weighted by Crippen LogP contribution is 2.27. The number of hydrogen-bond donors (Lipinski definition) is 1. The summed E-state index contributed by atoms with van der Waals surface area (Å²) in [6.07, 6.45) is 3.91. The highest BCUT2D eigenvalue weighted by atomic mass is 35.5. The maximum absolute atomic E-state index is 12.6. The summed E-state index contributed by atoms with van der Waals surface area (Å²) >= 11 is 0. The smallest absolute Gasteiger partial charge is 0.222 e. The maximum Gasteiger partial charge on any atom is 0.222 e. The molecule has 1 amide bonds. The van der Waals surface area contributed by atoms with E-state index in [0.29, 0.717) is 18.9 Å². The highest BCUT2D eigenvalue weighted by molar-refractivity contribution is 5.85. The summed E-state index contributed by atoms with van der Waals surface area (Å²) in [7, 11) is 0. The van der Waals surface area contributed by atoms with E-state index in [0.717, 1.165) is 57.0 Å². The molecule has 2 atom stereocenters. The van der Waals surface area contributed by atoms with Gasteiger partial charge in [0.15, 0.2) is 5.82 Å². The Kier molecular flexibility index (Phi) is 8.82. The topological polar surface area (TPSA) is 93.2 Å². The van der Waals surface area contributed by atoms with Crippen molar-refractivity contribution in [3.8, 4) is 5.69 Å². The number of piperazine rings is 1. The largest absolute Gasteiger partial charge is 0.340 e. The van der Waals surface area contributed by atoms with Crippen molar-refractivity contribution in [1.82, 2.24) is 30.0 Å². The molecule has 0 radical (unpaired) electrons. The molecule has 29 heavy (non-hydrogen) atoms. The third-order valence-electron chi connectivity index (χ3n) is 5.78. The van der Waals surface area contributed by atoms with Crippen LogP contribution in [-0.2, 0) is 11.3 Å². The van der Waals surface area contributed by atoms with Crippen LogP contribution in [0.25, 0.3) is 5.69 Å². The minimum Gasteiger partial charge on any atom is -0.340 e. The average Bonchev–Trinajstić information content (AvgIpc) is 3.32. The Morgan fingerprint density at radius 1 is 1.07 bits per heavy atom. The molecule has 0 bridgehead atoms. The zero-order chi connectivity index (χ0) is 18.6. The van der Waals surface area contributed by atoms with Gasteiger partial charge in [-0.2, -0.15) is 4.68 Å². The minimum atomic E-state index is 0. The van der Waals surface area contributed by atoms with Crippen molar-refractivity contribution >= 4 is 30.7 Å². The van der Waals surface area contributed by atoms with Crippen LogP contribution in [0.4, 0.5) is 0 Å². The van der Waals surface area contributed by atoms with Gasteiger partial charge in [-0.3, -0.25) is 9.69 Å². The van der Waals surface area contributed by atoms with Crippen molar-refractivity contribution in [2.45, 2.75) is 38.3 Å². The molecule has 4 rings (SSSR count). The number of benzene rings is 1. The second kappa shape index (κ2) is 10.9. The number of carbonyl (C=O) groups is 1. The fourth-order valence-electron chi connectivity index (χ4n) is 4.10. The third-order valence-corrected chi connectivity index (χ3v) is 5.78. The maximum atomic E-state index is 12.6. The van der Waals surface area contributed by atoms with Crippen molar-refractivity contribution in [3.05, 3.63) is 36.2 Å². The normalized spacial score (nSPS) is 22.0. The van der Waals surface area contributed by atoms with E-state index in [1.54, 1.807) is 4.68 Å². The Balaban J connectivity index is 0.00000150. The van der Waals surface area contributed by atoms with Crippen LogP contribution in [0.3, 0.4) is 0 Å². The number of carbonyl (C=O) groups excluding carboxylic acids is 1. The van der Waals surface area contributed by atoms with Crippen molar-refractivity contribution in [3.63, 3.8) is 0 Å². The Morgan fingerprint density at radius 2 is 1.79 bits per heavy atom. The molecule has 8 nitrogen and oxygen atoms in total. The quantitative estimate of drug-likeness (QED) is 0.757. The van der Waals surface area contributed by atoms with E-state index in [1.807, 2.05) is 35.2 Å². The van der Waals surface area contributed by atoms with Gasteiger partial charge in [0.1, 0.15) is 0 Å². The van der Waals surface area contributed by atoms with Crippen molar-refractivity contribution in [1.29, 1.82) is 0 Å². The standard InChI is InChI=1S/C19H27N7O.2ClH/c20-17-8-4-5-15(17)13-19(27)25-11-9-24(10-12-25)14-18-21-22-23-26(18)16-6-2-1-3-7-16;;/h1-3,6-7,15,17H,4-5,8-14,20H2;2*1H/t15-,17+;;/m0../s1. The molecule has 2 N–H and O–H groups in total. The predicted molar refractivity (Wildman–Crippen MR) is 115 cm³/mol. The molecule has 10 heteroatoms. The van der Waals surface area contributed by atoms with Gasteiger partial charge in [0.25, 0.3) is 0 Å². The van der Waals surface area contributed by atoms with Crippen LogP contribution < -0.4 is 5.73 Å². The molecule has 1 aromatic carbocycles. The number of nitrogens with zero attached hydrogens (tertiary/aromatic N) is 6. The van der Waals surface area contributed by atoms with Crippen LogP contribution >= 0.6 is 24.8 Å². The lowest BCUT2D eigenvalue weighted by molar-refractivity contribution is -0.134. The van der Waals surface area contributed by atoms with Gasteiger partial charge in [0.2, 0.25) is 5.91 Å². The zero-order valence-corrected chi connectivity index (χ0v) is 18.0. The first kappa shape index (κ1) is 23.5. The van der Waals surface area contributed by atoms with Crippen molar-refractivity contribution in [2.24, 2.45) is 11.7 Å². The summed E-state index contributed by atoms with van der Waals surface area (Å²) in [6.45, 7) is 3.87. The molecule has 2 aromatic rings. The molecule has 1 aliphatic carbocycles. The monoisotopic (exact) mass is 441 g/mol. The number of para-hydroxylation sites is 1. The van der Waals surface area contributed by atoms with E-state index < -0.39 is 0 Å². The summed E-state index contributed by atoms with van der Waals surface area (Å²) in [5.41, 5.74) is 7.07.